The Hall–Kier alpha value is -3.09. The first kappa shape index (κ1) is 23.1. The van der Waals surface area contributed by atoms with E-state index in [2.05, 4.69) is 10.3 Å². The summed E-state index contributed by atoms with van der Waals surface area (Å²) in [7, 11) is 0. The molecule has 1 saturated heterocycles. The van der Waals surface area contributed by atoms with Crippen LogP contribution in [0.4, 0.5) is 10.5 Å². The molecule has 2 fully saturated rings. The van der Waals surface area contributed by atoms with Crippen LogP contribution >= 0.6 is 0 Å². The zero-order valence-electron chi connectivity index (χ0n) is 19.2. The SMILES string of the molecule is O=C(Nc1cccnc1)N1CCN(C(=O)c2ccc(OCC3CCCCCCC3)cc2)CC1. The third kappa shape index (κ3) is 6.70. The first-order valence-electron chi connectivity index (χ1n) is 12.2. The summed E-state index contributed by atoms with van der Waals surface area (Å²) in [6.07, 6.45) is 12.5. The van der Waals surface area contributed by atoms with Crippen LogP contribution in [0.5, 0.6) is 5.75 Å². The highest BCUT2D eigenvalue weighted by molar-refractivity contribution is 5.94. The minimum atomic E-state index is -0.166. The molecule has 0 spiro atoms. The Kier molecular flexibility index (Phi) is 8.17. The molecule has 1 aliphatic heterocycles. The molecule has 1 aliphatic carbocycles. The number of hydrogen-bond acceptors (Lipinski definition) is 4. The molecule has 2 heterocycles. The number of benzene rings is 1. The van der Waals surface area contributed by atoms with E-state index in [9.17, 15) is 9.59 Å². The summed E-state index contributed by atoms with van der Waals surface area (Å²) in [5.41, 5.74) is 1.32. The fourth-order valence-electron chi connectivity index (χ4n) is 4.55. The van der Waals surface area contributed by atoms with Crippen molar-refractivity contribution in [3.63, 3.8) is 0 Å². The number of amides is 3. The Morgan fingerprint density at radius 2 is 1.58 bits per heavy atom. The molecule has 33 heavy (non-hydrogen) atoms. The van der Waals surface area contributed by atoms with E-state index < -0.39 is 0 Å². The average molecular weight is 451 g/mol. The van der Waals surface area contributed by atoms with Crippen LogP contribution in [0.2, 0.25) is 0 Å². The van der Waals surface area contributed by atoms with Gasteiger partial charge >= 0.3 is 6.03 Å². The summed E-state index contributed by atoms with van der Waals surface area (Å²) >= 11 is 0. The molecule has 0 unspecified atom stereocenters. The van der Waals surface area contributed by atoms with Gasteiger partial charge in [-0.1, -0.05) is 32.1 Å². The van der Waals surface area contributed by atoms with Gasteiger partial charge in [0.2, 0.25) is 0 Å². The fraction of sp³-hybridized carbons (Fsp3) is 0.500. The maximum atomic E-state index is 12.9. The molecule has 0 atom stereocenters. The minimum Gasteiger partial charge on any atom is -0.493 e. The van der Waals surface area contributed by atoms with Crippen molar-refractivity contribution in [1.82, 2.24) is 14.8 Å². The maximum absolute atomic E-state index is 12.9. The number of hydrogen-bond donors (Lipinski definition) is 1. The number of nitrogens with zero attached hydrogens (tertiary/aromatic N) is 3. The van der Waals surface area contributed by atoms with Gasteiger partial charge in [-0.25, -0.2) is 4.79 Å². The molecule has 1 aromatic heterocycles. The molecule has 7 nitrogen and oxygen atoms in total. The number of nitrogens with one attached hydrogen (secondary N) is 1. The highest BCUT2D eigenvalue weighted by atomic mass is 16.5. The van der Waals surface area contributed by atoms with E-state index in [1.165, 1.54) is 44.9 Å². The Bertz CT molecular complexity index is 888. The number of ether oxygens (including phenoxy) is 1. The van der Waals surface area contributed by atoms with Crippen molar-refractivity contribution in [2.24, 2.45) is 5.92 Å². The number of aromatic nitrogens is 1. The van der Waals surface area contributed by atoms with Gasteiger partial charge in [-0.2, -0.15) is 0 Å². The number of pyridine rings is 1. The number of carbonyl (C=O) groups is 2. The lowest BCUT2D eigenvalue weighted by atomic mass is 9.92. The second-order valence-electron chi connectivity index (χ2n) is 9.00. The molecule has 0 radical (unpaired) electrons. The Balaban J connectivity index is 1.22. The van der Waals surface area contributed by atoms with Crippen LogP contribution in [-0.4, -0.2) is 59.5 Å². The van der Waals surface area contributed by atoms with Gasteiger partial charge in [0.25, 0.3) is 5.91 Å². The summed E-state index contributed by atoms with van der Waals surface area (Å²) in [6, 6.07) is 10.9. The topological polar surface area (TPSA) is 74.8 Å². The quantitative estimate of drug-likeness (QED) is 0.709. The van der Waals surface area contributed by atoms with Gasteiger partial charge in [-0.05, 0) is 55.2 Å². The lowest BCUT2D eigenvalue weighted by Gasteiger charge is -2.34. The van der Waals surface area contributed by atoms with Gasteiger partial charge in [0, 0.05) is 37.9 Å². The predicted molar refractivity (Wildman–Crippen MR) is 128 cm³/mol. The van der Waals surface area contributed by atoms with E-state index in [0.29, 0.717) is 43.3 Å². The molecular formula is C26H34N4O3. The molecule has 1 saturated carbocycles. The average Bonchev–Trinajstić information content (AvgIpc) is 2.84. The normalized spacial score (nSPS) is 17.7. The molecule has 7 heteroatoms. The molecule has 1 aromatic carbocycles. The molecule has 0 bridgehead atoms. The number of carbonyl (C=O) groups excluding carboxylic acids is 2. The van der Waals surface area contributed by atoms with Crippen molar-refractivity contribution < 1.29 is 14.3 Å². The summed E-state index contributed by atoms with van der Waals surface area (Å²) < 4.78 is 6.03. The standard InChI is InChI=1S/C26H34N4O3/c31-25(29-15-17-30(18-16-29)26(32)28-23-9-6-14-27-19-23)22-10-12-24(13-11-22)33-20-21-7-4-2-1-3-5-8-21/h6,9-14,19,21H,1-5,7-8,15-18,20H2,(H,28,32). The second kappa shape index (κ2) is 11.7. The van der Waals surface area contributed by atoms with Crippen molar-refractivity contribution >= 4 is 17.6 Å². The monoisotopic (exact) mass is 450 g/mol. The van der Waals surface area contributed by atoms with E-state index >= 15 is 0 Å². The van der Waals surface area contributed by atoms with Crippen molar-refractivity contribution in [2.45, 2.75) is 44.9 Å². The Morgan fingerprint density at radius 1 is 0.909 bits per heavy atom. The highest BCUT2D eigenvalue weighted by Crippen LogP contribution is 2.24. The number of rotatable bonds is 5. The van der Waals surface area contributed by atoms with Gasteiger partial charge in [0.1, 0.15) is 5.75 Å². The van der Waals surface area contributed by atoms with Crippen LogP contribution in [0.1, 0.15) is 55.3 Å². The van der Waals surface area contributed by atoms with E-state index in [4.69, 9.17) is 4.74 Å². The van der Waals surface area contributed by atoms with Crippen LogP contribution in [-0.2, 0) is 0 Å². The molecule has 3 amide bonds. The Morgan fingerprint density at radius 3 is 2.24 bits per heavy atom. The third-order valence-corrected chi connectivity index (χ3v) is 6.58. The molecule has 2 aromatic rings. The summed E-state index contributed by atoms with van der Waals surface area (Å²) in [6.45, 7) is 2.79. The van der Waals surface area contributed by atoms with Crippen LogP contribution in [0.15, 0.2) is 48.8 Å². The largest absolute Gasteiger partial charge is 0.493 e. The number of piperazine rings is 1. The molecule has 4 rings (SSSR count). The van der Waals surface area contributed by atoms with E-state index in [1.807, 2.05) is 24.3 Å². The summed E-state index contributed by atoms with van der Waals surface area (Å²) in [4.78, 5) is 32.9. The van der Waals surface area contributed by atoms with Crippen LogP contribution in [0, 0.1) is 5.92 Å². The zero-order chi connectivity index (χ0) is 22.9. The predicted octanol–water partition coefficient (Wildman–Crippen LogP) is 4.81. The summed E-state index contributed by atoms with van der Waals surface area (Å²) in [5.74, 6) is 1.46. The molecular weight excluding hydrogens is 416 g/mol. The first-order chi connectivity index (χ1) is 16.2. The first-order valence-corrected chi connectivity index (χ1v) is 12.2. The molecule has 176 valence electrons. The van der Waals surface area contributed by atoms with E-state index in [1.54, 1.807) is 34.3 Å². The number of anilines is 1. The van der Waals surface area contributed by atoms with Crippen molar-refractivity contribution in [1.29, 1.82) is 0 Å². The van der Waals surface area contributed by atoms with Crippen LogP contribution in [0.3, 0.4) is 0 Å². The van der Waals surface area contributed by atoms with Crippen molar-refractivity contribution in [2.75, 3.05) is 38.1 Å². The smallest absolute Gasteiger partial charge is 0.322 e. The Labute approximate surface area is 196 Å². The van der Waals surface area contributed by atoms with Gasteiger partial charge in [0.05, 0.1) is 18.5 Å². The van der Waals surface area contributed by atoms with Crippen LogP contribution < -0.4 is 10.1 Å². The zero-order valence-corrected chi connectivity index (χ0v) is 19.2. The maximum Gasteiger partial charge on any atom is 0.322 e. The fourth-order valence-corrected chi connectivity index (χ4v) is 4.55. The number of urea groups is 1. The highest BCUT2D eigenvalue weighted by Gasteiger charge is 2.25. The van der Waals surface area contributed by atoms with Gasteiger partial charge in [-0.15, -0.1) is 0 Å². The van der Waals surface area contributed by atoms with Crippen LogP contribution in [0.25, 0.3) is 0 Å². The minimum absolute atomic E-state index is 0.00566. The van der Waals surface area contributed by atoms with Gasteiger partial charge in [-0.3, -0.25) is 9.78 Å². The van der Waals surface area contributed by atoms with Gasteiger partial charge < -0.3 is 19.9 Å². The molecule has 1 N–H and O–H groups in total. The third-order valence-electron chi connectivity index (χ3n) is 6.58. The van der Waals surface area contributed by atoms with E-state index in [0.717, 1.165) is 12.4 Å². The van der Waals surface area contributed by atoms with Crippen molar-refractivity contribution in [3.8, 4) is 5.75 Å². The summed E-state index contributed by atoms with van der Waals surface area (Å²) in [5, 5.41) is 2.84. The van der Waals surface area contributed by atoms with Gasteiger partial charge in [0.15, 0.2) is 0 Å². The lowest BCUT2D eigenvalue weighted by Crippen LogP contribution is -2.51. The molecule has 2 aliphatic rings. The van der Waals surface area contributed by atoms with E-state index in [-0.39, 0.29) is 11.9 Å². The van der Waals surface area contributed by atoms with Crippen molar-refractivity contribution in [3.05, 3.63) is 54.4 Å². The second-order valence-corrected chi connectivity index (χ2v) is 9.00. The lowest BCUT2D eigenvalue weighted by molar-refractivity contribution is 0.0671.